The minimum absolute atomic E-state index is 0.123. The molecular formula is C17H29NO2. The van der Waals surface area contributed by atoms with Crippen molar-refractivity contribution in [1.82, 2.24) is 5.32 Å². The summed E-state index contributed by atoms with van der Waals surface area (Å²) in [6.07, 6.45) is 13.6. The second-order valence-electron chi connectivity index (χ2n) is 6.65. The molecule has 0 aromatic heterocycles. The van der Waals surface area contributed by atoms with E-state index in [4.69, 9.17) is 9.47 Å². The van der Waals surface area contributed by atoms with E-state index < -0.39 is 0 Å². The Morgan fingerprint density at radius 1 is 1.20 bits per heavy atom. The number of nitrogens with one attached hydrogen (secondary N) is 1. The van der Waals surface area contributed by atoms with Crippen LogP contribution in [0.1, 0.15) is 57.8 Å². The average Bonchev–Trinajstić information content (AvgIpc) is 2.49. The summed E-state index contributed by atoms with van der Waals surface area (Å²) in [6, 6.07) is 0.644. The van der Waals surface area contributed by atoms with E-state index in [9.17, 15) is 0 Å². The lowest BCUT2D eigenvalue weighted by Crippen LogP contribution is -2.50. The fourth-order valence-electron chi connectivity index (χ4n) is 3.86. The molecule has 2 fully saturated rings. The molecule has 2 heterocycles. The molecule has 0 bridgehead atoms. The van der Waals surface area contributed by atoms with Gasteiger partial charge in [-0.25, -0.2) is 0 Å². The van der Waals surface area contributed by atoms with Gasteiger partial charge in [0, 0.05) is 25.9 Å². The summed E-state index contributed by atoms with van der Waals surface area (Å²) in [5, 5.41) is 3.78. The van der Waals surface area contributed by atoms with E-state index in [1.807, 2.05) is 0 Å². The molecule has 0 aromatic rings. The highest BCUT2D eigenvalue weighted by atomic mass is 16.5. The number of allylic oxidation sites excluding steroid dienone is 1. The van der Waals surface area contributed by atoms with Crippen LogP contribution in [0.5, 0.6) is 0 Å². The van der Waals surface area contributed by atoms with Crippen LogP contribution in [-0.2, 0) is 9.47 Å². The van der Waals surface area contributed by atoms with Gasteiger partial charge in [-0.05, 0) is 64.3 Å². The van der Waals surface area contributed by atoms with Crippen LogP contribution >= 0.6 is 0 Å². The zero-order valence-electron chi connectivity index (χ0n) is 12.7. The highest BCUT2D eigenvalue weighted by Gasteiger charge is 2.38. The molecule has 1 N–H and O–H groups in total. The molecule has 0 radical (unpaired) electrons. The average molecular weight is 279 g/mol. The maximum Gasteiger partial charge on any atom is 0.0741 e. The van der Waals surface area contributed by atoms with Crippen LogP contribution in [0.3, 0.4) is 0 Å². The third kappa shape index (κ3) is 3.84. The van der Waals surface area contributed by atoms with Gasteiger partial charge in [-0.2, -0.15) is 0 Å². The molecular weight excluding hydrogens is 250 g/mol. The SMILES string of the molecule is C1=C(CCN[C@@H]2CCOC3(CCOCC3)C2)CCCC1. The topological polar surface area (TPSA) is 30.5 Å². The molecule has 0 amide bonds. The lowest BCUT2D eigenvalue weighted by Gasteiger charge is -2.43. The van der Waals surface area contributed by atoms with Crippen LogP contribution < -0.4 is 5.32 Å². The van der Waals surface area contributed by atoms with Crippen LogP contribution in [0.4, 0.5) is 0 Å². The fourth-order valence-corrected chi connectivity index (χ4v) is 3.86. The summed E-state index contributed by atoms with van der Waals surface area (Å²) in [6.45, 7) is 3.81. The van der Waals surface area contributed by atoms with Gasteiger partial charge in [-0.15, -0.1) is 0 Å². The molecule has 3 nitrogen and oxygen atoms in total. The van der Waals surface area contributed by atoms with Gasteiger partial charge in [0.05, 0.1) is 5.60 Å². The first kappa shape index (κ1) is 14.6. The maximum absolute atomic E-state index is 6.10. The third-order valence-electron chi connectivity index (χ3n) is 5.16. The summed E-state index contributed by atoms with van der Waals surface area (Å²) in [4.78, 5) is 0. The Hall–Kier alpha value is -0.380. The molecule has 2 saturated heterocycles. The van der Waals surface area contributed by atoms with E-state index in [2.05, 4.69) is 11.4 Å². The van der Waals surface area contributed by atoms with Gasteiger partial charge in [0.2, 0.25) is 0 Å². The van der Waals surface area contributed by atoms with Gasteiger partial charge in [0.25, 0.3) is 0 Å². The Kier molecular flexibility index (Phi) is 5.14. The van der Waals surface area contributed by atoms with Gasteiger partial charge < -0.3 is 14.8 Å². The lowest BCUT2D eigenvalue weighted by molar-refractivity contribution is -0.140. The van der Waals surface area contributed by atoms with Gasteiger partial charge in [-0.1, -0.05) is 11.6 Å². The Balaban J connectivity index is 1.42. The quantitative estimate of drug-likeness (QED) is 0.802. The molecule has 0 unspecified atom stereocenters. The molecule has 3 aliphatic rings. The summed E-state index contributed by atoms with van der Waals surface area (Å²) < 4.78 is 11.6. The van der Waals surface area contributed by atoms with Gasteiger partial charge >= 0.3 is 0 Å². The van der Waals surface area contributed by atoms with Crippen molar-refractivity contribution in [2.75, 3.05) is 26.4 Å². The molecule has 114 valence electrons. The third-order valence-corrected chi connectivity index (χ3v) is 5.16. The standard InChI is InChI=1S/C17H29NO2/c1-2-4-15(5-3-1)6-10-18-16-7-11-20-17(14-16)8-12-19-13-9-17/h4,16,18H,1-3,5-14H2/t16-/m1/s1. The Morgan fingerprint density at radius 2 is 2.10 bits per heavy atom. The number of ether oxygens (including phenoxy) is 2. The fraction of sp³-hybridized carbons (Fsp3) is 0.882. The van der Waals surface area contributed by atoms with Crippen molar-refractivity contribution in [3.63, 3.8) is 0 Å². The first-order valence-electron chi connectivity index (χ1n) is 8.49. The second kappa shape index (κ2) is 7.06. The summed E-state index contributed by atoms with van der Waals surface area (Å²) in [5.74, 6) is 0. The Bertz CT molecular complexity index is 328. The van der Waals surface area contributed by atoms with Crippen molar-refractivity contribution in [3.05, 3.63) is 11.6 Å². The van der Waals surface area contributed by atoms with Crippen LogP contribution in [0.25, 0.3) is 0 Å². The van der Waals surface area contributed by atoms with Crippen molar-refractivity contribution in [2.45, 2.75) is 69.4 Å². The molecule has 1 aliphatic carbocycles. The van der Waals surface area contributed by atoms with Crippen LogP contribution in [-0.4, -0.2) is 38.0 Å². The van der Waals surface area contributed by atoms with E-state index in [1.54, 1.807) is 5.57 Å². The Labute approximate surface area is 123 Å². The van der Waals surface area contributed by atoms with Crippen molar-refractivity contribution in [1.29, 1.82) is 0 Å². The lowest BCUT2D eigenvalue weighted by atomic mass is 9.84. The summed E-state index contributed by atoms with van der Waals surface area (Å²) in [5.41, 5.74) is 1.80. The second-order valence-corrected chi connectivity index (χ2v) is 6.65. The highest BCUT2D eigenvalue weighted by Crippen LogP contribution is 2.34. The zero-order valence-corrected chi connectivity index (χ0v) is 12.7. The highest BCUT2D eigenvalue weighted by molar-refractivity contribution is 5.05. The van der Waals surface area contributed by atoms with E-state index in [1.165, 1.54) is 44.9 Å². The first-order chi connectivity index (χ1) is 9.86. The van der Waals surface area contributed by atoms with E-state index in [0.717, 1.165) is 39.2 Å². The largest absolute Gasteiger partial charge is 0.381 e. The molecule has 0 aromatic carbocycles. The molecule has 20 heavy (non-hydrogen) atoms. The number of hydrogen-bond acceptors (Lipinski definition) is 3. The molecule has 1 spiro atoms. The molecule has 1 atom stereocenters. The smallest absolute Gasteiger partial charge is 0.0741 e. The van der Waals surface area contributed by atoms with Crippen molar-refractivity contribution < 1.29 is 9.47 Å². The van der Waals surface area contributed by atoms with Crippen molar-refractivity contribution in [2.24, 2.45) is 0 Å². The van der Waals surface area contributed by atoms with Crippen molar-refractivity contribution >= 4 is 0 Å². The summed E-state index contributed by atoms with van der Waals surface area (Å²) >= 11 is 0. The zero-order chi connectivity index (χ0) is 13.7. The van der Waals surface area contributed by atoms with Gasteiger partial charge in [-0.3, -0.25) is 0 Å². The molecule has 3 rings (SSSR count). The maximum atomic E-state index is 6.10. The first-order valence-corrected chi connectivity index (χ1v) is 8.49. The van der Waals surface area contributed by atoms with Crippen LogP contribution in [0, 0.1) is 0 Å². The monoisotopic (exact) mass is 279 g/mol. The van der Waals surface area contributed by atoms with E-state index in [0.29, 0.717) is 6.04 Å². The minimum Gasteiger partial charge on any atom is -0.381 e. The number of hydrogen-bond donors (Lipinski definition) is 1. The van der Waals surface area contributed by atoms with E-state index >= 15 is 0 Å². The normalized spacial score (nSPS) is 30.2. The molecule has 2 aliphatic heterocycles. The minimum atomic E-state index is 0.123. The van der Waals surface area contributed by atoms with Crippen molar-refractivity contribution in [3.8, 4) is 0 Å². The predicted octanol–water partition coefficient (Wildman–Crippen LogP) is 3.19. The Morgan fingerprint density at radius 3 is 2.90 bits per heavy atom. The molecule has 0 saturated carbocycles. The van der Waals surface area contributed by atoms with Crippen LogP contribution in [0.2, 0.25) is 0 Å². The van der Waals surface area contributed by atoms with Crippen LogP contribution in [0.15, 0.2) is 11.6 Å². The summed E-state index contributed by atoms with van der Waals surface area (Å²) in [7, 11) is 0. The van der Waals surface area contributed by atoms with E-state index in [-0.39, 0.29) is 5.60 Å². The number of rotatable bonds is 4. The predicted molar refractivity (Wildman–Crippen MR) is 80.9 cm³/mol. The molecule has 3 heteroatoms. The van der Waals surface area contributed by atoms with Gasteiger partial charge in [0.15, 0.2) is 0 Å². The van der Waals surface area contributed by atoms with Gasteiger partial charge in [0.1, 0.15) is 0 Å².